The summed E-state index contributed by atoms with van der Waals surface area (Å²) in [6, 6.07) is 7.59. The fourth-order valence-corrected chi connectivity index (χ4v) is 2.82. The first-order chi connectivity index (χ1) is 8.25. The van der Waals surface area contributed by atoms with E-state index in [0.717, 1.165) is 26.2 Å². The highest BCUT2D eigenvalue weighted by Gasteiger charge is 2.17. The van der Waals surface area contributed by atoms with Gasteiger partial charge in [0.1, 0.15) is 22.4 Å². The van der Waals surface area contributed by atoms with Gasteiger partial charge in [-0.15, -0.1) is 11.3 Å². The highest BCUT2D eigenvalue weighted by atomic mass is 79.9. The molecule has 0 bridgehead atoms. The number of furan rings is 1. The molecule has 0 radical (unpaired) electrons. The van der Waals surface area contributed by atoms with Crippen molar-refractivity contribution in [2.45, 2.75) is 6.04 Å². The Morgan fingerprint density at radius 1 is 1.41 bits per heavy atom. The summed E-state index contributed by atoms with van der Waals surface area (Å²) >= 11 is 4.99. The van der Waals surface area contributed by atoms with Crippen LogP contribution in [0.15, 0.2) is 44.7 Å². The van der Waals surface area contributed by atoms with E-state index >= 15 is 0 Å². The van der Waals surface area contributed by atoms with E-state index in [0.29, 0.717) is 0 Å². The predicted octanol–water partition coefficient (Wildman–Crippen LogP) is 3.70. The van der Waals surface area contributed by atoms with Gasteiger partial charge in [-0.1, -0.05) is 12.1 Å². The van der Waals surface area contributed by atoms with E-state index in [2.05, 4.69) is 20.9 Å². The minimum absolute atomic E-state index is 0.297. The average Bonchev–Trinajstić information content (AvgIpc) is 2.98. The number of hydrogen-bond acceptors (Lipinski definition) is 4. The molecule has 1 unspecified atom stereocenters. The van der Waals surface area contributed by atoms with E-state index in [1.807, 2.05) is 29.6 Å². The summed E-state index contributed by atoms with van der Waals surface area (Å²) in [6.07, 6.45) is 1.75. The number of para-hydroxylation sites is 1. The Labute approximate surface area is 110 Å². The van der Waals surface area contributed by atoms with Crippen molar-refractivity contribution >= 4 is 38.2 Å². The normalized spacial score (nSPS) is 13.1. The molecular weight excluding hydrogens is 300 g/mol. The second-order valence-corrected chi connectivity index (χ2v) is 5.44. The van der Waals surface area contributed by atoms with E-state index in [1.165, 1.54) is 11.3 Å². The van der Waals surface area contributed by atoms with Gasteiger partial charge in [0.15, 0.2) is 0 Å². The van der Waals surface area contributed by atoms with Crippen LogP contribution in [0.25, 0.3) is 11.0 Å². The molecule has 86 valence electrons. The van der Waals surface area contributed by atoms with Gasteiger partial charge in [-0.3, -0.25) is 0 Å². The average molecular weight is 309 g/mol. The molecule has 2 N–H and O–H groups in total. The Balaban J connectivity index is 2.10. The summed E-state index contributed by atoms with van der Waals surface area (Å²) in [7, 11) is 0. The Hall–Kier alpha value is -1.17. The SMILES string of the molecule is NC(c1cc2cccc(Br)c2o1)c1nccs1. The van der Waals surface area contributed by atoms with Gasteiger partial charge in [0.25, 0.3) is 0 Å². The second-order valence-electron chi connectivity index (χ2n) is 3.65. The Morgan fingerprint density at radius 2 is 2.29 bits per heavy atom. The number of rotatable bonds is 2. The van der Waals surface area contributed by atoms with Crippen LogP contribution in [0.4, 0.5) is 0 Å². The van der Waals surface area contributed by atoms with Gasteiger partial charge in [0.05, 0.1) is 4.47 Å². The summed E-state index contributed by atoms with van der Waals surface area (Å²) < 4.78 is 6.72. The van der Waals surface area contributed by atoms with Crippen LogP contribution in [-0.4, -0.2) is 4.98 Å². The number of halogens is 1. The monoisotopic (exact) mass is 308 g/mol. The van der Waals surface area contributed by atoms with E-state index in [4.69, 9.17) is 10.2 Å². The van der Waals surface area contributed by atoms with Gasteiger partial charge >= 0.3 is 0 Å². The smallest absolute Gasteiger partial charge is 0.148 e. The molecule has 3 nitrogen and oxygen atoms in total. The third kappa shape index (κ3) is 1.90. The van der Waals surface area contributed by atoms with Crippen molar-refractivity contribution in [1.29, 1.82) is 0 Å². The van der Waals surface area contributed by atoms with Crippen LogP contribution in [0, 0.1) is 0 Å². The van der Waals surface area contributed by atoms with Gasteiger partial charge in [-0.25, -0.2) is 4.98 Å². The van der Waals surface area contributed by atoms with Crippen molar-refractivity contribution in [3.8, 4) is 0 Å². The molecule has 0 saturated heterocycles. The van der Waals surface area contributed by atoms with Gasteiger partial charge in [-0.05, 0) is 28.1 Å². The molecule has 0 aliphatic carbocycles. The lowest BCUT2D eigenvalue weighted by atomic mass is 10.2. The Bertz CT molecular complexity index is 648. The molecule has 0 amide bonds. The maximum atomic E-state index is 6.11. The minimum Gasteiger partial charge on any atom is -0.458 e. The molecule has 2 aromatic heterocycles. The first-order valence-corrected chi connectivity index (χ1v) is 6.76. The zero-order valence-electron chi connectivity index (χ0n) is 8.76. The number of fused-ring (bicyclic) bond motifs is 1. The zero-order valence-corrected chi connectivity index (χ0v) is 11.2. The number of thiazole rings is 1. The maximum absolute atomic E-state index is 6.11. The molecular formula is C12H9BrN2OS. The van der Waals surface area contributed by atoms with Crippen LogP contribution in [0.2, 0.25) is 0 Å². The molecule has 3 rings (SSSR count). The van der Waals surface area contributed by atoms with Gasteiger partial charge in [0, 0.05) is 17.0 Å². The number of nitrogens with zero attached hydrogens (tertiary/aromatic N) is 1. The summed E-state index contributed by atoms with van der Waals surface area (Å²) in [5, 5.41) is 3.81. The van der Waals surface area contributed by atoms with Crippen molar-refractivity contribution in [1.82, 2.24) is 4.98 Å². The molecule has 3 aromatic rings. The highest BCUT2D eigenvalue weighted by molar-refractivity contribution is 9.10. The lowest BCUT2D eigenvalue weighted by molar-refractivity contribution is 0.523. The van der Waals surface area contributed by atoms with Crippen LogP contribution in [-0.2, 0) is 0 Å². The molecule has 17 heavy (non-hydrogen) atoms. The van der Waals surface area contributed by atoms with E-state index < -0.39 is 0 Å². The minimum atomic E-state index is -0.297. The van der Waals surface area contributed by atoms with Crippen molar-refractivity contribution in [3.63, 3.8) is 0 Å². The molecule has 1 atom stereocenters. The largest absolute Gasteiger partial charge is 0.458 e. The van der Waals surface area contributed by atoms with Crippen LogP contribution in [0.5, 0.6) is 0 Å². The number of hydrogen-bond donors (Lipinski definition) is 1. The molecule has 5 heteroatoms. The Kier molecular flexibility index (Phi) is 2.74. The lowest BCUT2D eigenvalue weighted by Crippen LogP contribution is -2.10. The van der Waals surface area contributed by atoms with E-state index in [1.54, 1.807) is 6.20 Å². The van der Waals surface area contributed by atoms with Crippen LogP contribution >= 0.6 is 27.3 Å². The molecule has 0 aliphatic rings. The summed E-state index contributed by atoms with van der Waals surface area (Å²) in [5.74, 6) is 0.738. The number of nitrogens with two attached hydrogens (primary N) is 1. The van der Waals surface area contributed by atoms with Crippen molar-refractivity contribution in [2.24, 2.45) is 5.73 Å². The third-order valence-corrected chi connectivity index (χ3v) is 4.02. The van der Waals surface area contributed by atoms with E-state index in [-0.39, 0.29) is 6.04 Å². The fraction of sp³-hybridized carbons (Fsp3) is 0.0833. The van der Waals surface area contributed by atoms with Crippen LogP contribution < -0.4 is 5.73 Å². The summed E-state index contributed by atoms with van der Waals surface area (Å²) in [4.78, 5) is 4.21. The highest BCUT2D eigenvalue weighted by Crippen LogP contribution is 2.31. The second kappa shape index (κ2) is 4.25. The van der Waals surface area contributed by atoms with E-state index in [9.17, 15) is 0 Å². The van der Waals surface area contributed by atoms with Crippen molar-refractivity contribution < 1.29 is 4.42 Å². The molecule has 0 aliphatic heterocycles. The molecule has 0 saturated carbocycles. The van der Waals surface area contributed by atoms with Crippen LogP contribution in [0.1, 0.15) is 16.8 Å². The van der Waals surface area contributed by atoms with Crippen LogP contribution in [0.3, 0.4) is 0 Å². The summed E-state index contributed by atoms with van der Waals surface area (Å²) in [6.45, 7) is 0. The predicted molar refractivity (Wildman–Crippen MR) is 72.1 cm³/mol. The summed E-state index contributed by atoms with van der Waals surface area (Å²) in [5.41, 5.74) is 6.94. The lowest BCUT2D eigenvalue weighted by Gasteiger charge is -2.03. The first kappa shape index (κ1) is 11.0. The zero-order chi connectivity index (χ0) is 11.8. The quantitative estimate of drug-likeness (QED) is 0.785. The molecule has 1 aromatic carbocycles. The van der Waals surface area contributed by atoms with Crippen molar-refractivity contribution in [2.75, 3.05) is 0 Å². The van der Waals surface area contributed by atoms with Gasteiger partial charge in [0.2, 0.25) is 0 Å². The maximum Gasteiger partial charge on any atom is 0.148 e. The topological polar surface area (TPSA) is 52.0 Å². The number of benzene rings is 1. The number of aromatic nitrogens is 1. The standard InChI is InChI=1S/C12H9BrN2OS/c13-8-3-1-2-7-6-9(16-11(7)8)10(14)12-15-4-5-17-12/h1-6,10H,14H2. The Morgan fingerprint density at radius 3 is 3.00 bits per heavy atom. The van der Waals surface area contributed by atoms with Gasteiger partial charge < -0.3 is 10.2 Å². The van der Waals surface area contributed by atoms with Gasteiger partial charge in [-0.2, -0.15) is 0 Å². The molecule has 2 heterocycles. The fourth-order valence-electron chi connectivity index (χ4n) is 1.71. The first-order valence-electron chi connectivity index (χ1n) is 5.08. The molecule has 0 spiro atoms. The van der Waals surface area contributed by atoms with Crippen molar-refractivity contribution in [3.05, 3.63) is 51.1 Å². The molecule has 0 fully saturated rings. The third-order valence-electron chi connectivity index (χ3n) is 2.54.